The molecule has 0 aromatic heterocycles. The van der Waals surface area contributed by atoms with Gasteiger partial charge in [0, 0.05) is 27.8 Å². The highest BCUT2D eigenvalue weighted by atomic mass is 32.2. The molecule has 2 aromatic rings. The van der Waals surface area contributed by atoms with Crippen molar-refractivity contribution in [2.45, 2.75) is 37.0 Å². The fraction of sp³-hybridized carbons (Fsp3) is 0.412. The Kier molecular flexibility index (Phi) is 4.18. The fourth-order valence-corrected chi connectivity index (χ4v) is 4.79. The number of fused-ring (bicyclic) bond motifs is 1. The first kappa shape index (κ1) is 13.8. The normalized spacial score (nSPS) is 19.2. The molecule has 1 aliphatic rings. The van der Waals surface area contributed by atoms with Crippen LogP contribution in [0, 0.1) is 0 Å². The zero-order valence-corrected chi connectivity index (χ0v) is 12.4. The first-order chi connectivity index (χ1) is 9.75. The van der Waals surface area contributed by atoms with E-state index in [1.807, 2.05) is 18.2 Å². The molecule has 1 saturated carbocycles. The molecule has 1 fully saturated rings. The molecule has 3 rings (SSSR count). The summed E-state index contributed by atoms with van der Waals surface area (Å²) in [6.07, 6.45) is 4.66. The summed E-state index contributed by atoms with van der Waals surface area (Å²) >= 11 is 0. The third-order valence-corrected chi connectivity index (χ3v) is 6.14. The monoisotopic (exact) mass is 287 g/mol. The zero-order chi connectivity index (χ0) is 13.9. The Morgan fingerprint density at radius 2 is 1.80 bits per heavy atom. The summed E-state index contributed by atoms with van der Waals surface area (Å²) in [4.78, 5) is 0. The van der Waals surface area contributed by atoms with Gasteiger partial charge in [-0.15, -0.1) is 0 Å². The van der Waals surface area contributed by atoms with Crippen LogP contribution in [0.1, 0.15) is 37.3 Å². The van der Waals surface area contributed by atoms with Gasteiger partial charge in [-0.2, -0.15) is 0 Å². The summed E-state index contributed by atoms with van der Waals surface area (Å²) in [6.45, 7) is 0. The Morgan fingerprint density at radius 3 is 2.60 bits per heavy atom. The van der Waals surface area contributed by atoms with Crippen LogP contribution >= 0.6 is 0 Å². The predicted octanol–water partition coefficient (Wildman–Crippen LogP) is 3.53. The van der Waals surface area contributed by atoms with Gasteiger partial charge in [0.15, 0.2) is 0 Å². The fourth-order valence-electron chi connectivity index (χ4n) is 3.13. The van der Waals surface area contributed by atoms with Crippen LogP contribution in [0.25, 0.3) is 10.8 Å². The Bertz CT molecular complexity index is 614. The molecule has 1 aliphatic carbocycles. The topological polar surface area (TPSA) is 43.1 Å². The lowest BCUT2D eigenvalue weighted by atomic mass is 10.0. The number of hydrogen-bond acceptors (Lipinski definition) is 2. The molecule has 2 atom stereocenters. The van der Waals surface area contributed by atoms with Crippen LogP contribution in [0.2, 0.25) is 0 Å². The average Bonchev–Trinajstić information content (AvgIpc) is 3.01. The number of hydrogen-bond donors (Lipinski definition) is 1. The van der Waals surface area contributed by atoms with Gasteiger partial charge in [0.05, 0.1) is 0 Å². The predicted molar refractivity (Wildman–Crippen MR) is 86.1 cm³/mol. The van der Waals surface area contributed by atoms with Crippen LogP contribution in [0.3, 0.4) is 0 Å². The van der Waals surface area contributed by atoms with Crippen molar-refractivity contribution in [1.82, 2.24) is 0 Å². The highest BCUT2D eigenvalue weighted by molar-refractivity contribution is 7.85. The van der Waals surface area contributed by atoms with Crippen molar-refractivity contribution >= 4 is 21.6 Å². The Hall–Kier alpha value is -1.19. The van der Waals surface area contributed by atoms with Crippen molar-refractivity contribution in [2.75, 3.05) is 5.75 Å². The summed E-state index contributed by atoms with van der Waals surface area (Å²) in [7, 11) is -0.794. The van der Waals surface area contributed by atoms with Crippen LogP contribution in [-0.2, 0) is 10.8 Å². The molecule has 0 amide bonds. The quantitative estimate of drug-likeness (QED) is 0.934. The molecule has 106 valence electrons. The zero-order valence-electron chi connectivity index (χ0n) is 11.6. The van der Waals surface area contributed by atoms with E-state index in [9.17, 15) is 4.21 Å². The second-order valence-corrected chi connectivity index (χ2v) is 7.39. The Labute approximate surface area is 122 Å². The summed E-state index contributed by atoms with van der Waals surface area (Å²) in [6, 6.07) is 14.3. The van der Waals surface area contributed by atoms with E-state index >= 15 is 0 Å². The maximum atomic E-state index is 12.4. The highest BCUT2D eigenvalue weighted by Gasteiger charge is 2.23. The lowest BCUT2D eigenvalue weighted by molar-refractivity contribution is 0.661. The molecule has 0 bridgehead atoms. The van der Waals surface area contributed by atoms with Gasteiger partial charge in [-0.25, -0.2) is 0 Å². The number of benzene rings is 2. The molecule has 0 heterocycles. The number of rotatable bonds is 4. The van der Waals surface area contributed by atoms with E-state index in [4.69, 9.17) is 5.73 Å². The molecule has 0 saturated heterocycles. The standard InChI is InChI=1S/C17H21NOS/c18-17(12-20(19)14-8-2-3-9-14)16-11-5-7-13-6-1-4-10-15(13)16/h1,4-7,10-11,14,17H,2-3,8-9,12,18H2. The van der Waals surface area contributed by atoms with Crippen molar-refractivity contribution in [1.29, 1.82) is 0 Å². The van der Waals surface area contributed by atoms with Gasteiger partial charge in [-0.3, -0.25) is 4.21 Å². The minimum Gasteiger partial charge on any atom is -0.323 e. The smallest absolute Gasteiger partial charge is 0.0431 e. The van der Waals surface area contributed by atoms with Crippen molar-refractivity contribution in [3.63, 3.8) is 0 Å². The van der Waals surface area contributed by atoms with Crippen molar-refractivity contribution in [3.05, 3.63) is 48.0 Å². The van der Waals surface area contributed by atoms with Gasteiger partial charge in [0.25, 0.3) is 0 Å². The van der Waals surface area contributed by atoms with E-state index in [1.165, 1.54) is 23.6 Å². The molecule has 2 aromatic carbocycles. The Balaban J connectivity index is 1.81. The second kappa shape index (κ2) is 6.06. The third-order valence-electron chi connectivity index (χ3n) is 4.24. The van der Waals surface area contributed by atoms with E-state index in [0.29, 0.717) is 11.0 Å². The lowest BCUT2D eigenvalue weighted by Crippen LogP contribution is -2.23. The van der Waals surface area contributed by atoms with Crippen LogP contribution < -0.4 is 5.73 Å². The van der Waals surface area contributed by atoms with Crippen LogP contribution in [0.5, 0.6) is 0 Å². The minimum atomic E-state index is -0.794. The maximum Gasteiger partial charge on any atom is 0.0431 e. The van der Waals surface area contributed by atoms with E-state index < -0.39 is 10.8 Å². The van der Waals surface area contributed by atoms with E-state index in [-0.39, 0.29) is 6.04 Å². The molecule has 3 heteroatoms. The molecule has 0 aliphatic heterocycles. The number of nitrogens with two attached hydrogens (primary N) is 1. The van der Waals surface area contributed by atoms with Crippen molar-refractivity contribution in [2.24, 2.45) is 5.73 Å². The molecular formula is C17H21NOS. The van der Waals surface area contributed by atoms with E-state index in [1.54, 1.807) is 0 Å². The van der Waals surface area contributed by atoms with Crippen LogP contribution in [-0.4, -0.2) is 15.2 Å². The van der Waals surface area contributed by atoms with Gasteiger partial charge in [0.1, 0.15) is 0 Å². The van der Waals surface area contributed by atoms with Crippen LogP contribution in [0.4, 0.5) is 0 Å². The average molecular weight is 287 g/mol. The van der Waals surface area contributed by atoms with E-state index in [0.717, 1.165) is 18.4 Å². The highest BCUT2D eigenvalue weighted by Crippen LogP contribution is 2.27. The summed E-state index contributed by atoms with van der Waals surface area (Å²) in [5, 5.41) is 2.76. The molecule has 0 radical (unpaired) electrons. The molecule has 0 spiro atoms. The summed E-state index contributed by atoms with van der Waals surface area (Å²) in [5.41, 5.74) is 7.46. The molecule has 20 heavy (non-hydrogen) atoms. The Morgan fingerprint density at radius 1 is 1.10 bits per heavy atom. The third kappa shape index (κ3) is 2.79. The van der Waals surface area contributed by atoms with Crippen molar-refractivity contribution < 1.29 is 4.21 Å². The van der Waals surface area contributed by atoms with E-state index in [2.05, 4.69) is 24.3 Å². The molecule has 2 nitrogen and oxygen atoms in total. The van der Waals surface area contributed by atoms with Crippen molar-refractivity contribution in [3.8, 4) is 0 Å². The van der Waals surface area contributed by atoms with Gasteiger partial charge in [-0.05, 0) is 29.2 Å². The first-order valence-electron chi connectivity index (χ1n) is 7.36. The van der Waals surface area contributed by atoms with Gasteiger partial charge in [0.2, 0.25) is 0 Å². The first-order valence-corrected chi connectivity index (χ1v) is 8.74. The molecule has 2 N–H and O–H groups in total. The minimum absolute atomic E-state index is 0.137. The maximum absolute atomic E-state index is 12.4. The largest absolute Gasteiger partial charge is 0.323 e. The summed E-state index contributed by atoms with van der Waals surface area (Å²) < 4.78 is 12.4. The van der Waals surface area contributed by atoms with Gasteiger partial charge < -0.3 is 5.73 Å². The summed E-state index contributed by atoms with van der Waals surface area (Å²) in [5.74, 6) is 0.582. The molecular weight excluding hydrogens is 266 g/mol. The molecule has 2 unspecified atom stereocenters. The lowest BCUT2D eigenvalue weighted by Gasteiger charge is -2.17. The SMILES string of the molecule is NC(CS(=O)C1CCCC1)c1cccc2ccccc12. The van der Waals surface area contributed by atoms with Crippen LogP contribution in [0.15, 0.2) is 42.5 Å². The van der Waals surface area contributed by atoms with Gasteiger partial charge in [-0.1, -0.05) is 55.3 Å². The van der Waals surface area contributed by atoms with Gasteiger partial charge >= 0.3 is 0 Å². The second-order valence-electron chi connectivity index (χ2n) is 5.63.